The van der Waals surface area contributed by atoms with Gasteiger partial charge in [0.1, 0.15) is 0 Å². The van der Waals surface area contributed by atoms with E-state index in [0.717, 1.165) is 36.1 Å². The number of piperidine rings is 1. The Balaban J connectivity index is 1.99. The number of likely N-dealkylation sites (tertiary alicyclic amines) is 1. The fourth-order valence-electron chi connectivity index (χ4n) is 3.40. The number of rotatable bonds is 8. The van der Waals surface area contributed by atoms with Crippen molar-refractivity contribution in [3.05, 3.63) is 23.8 Å². The molecule has 1 aliphatic rings. The number of nitrogens with one attached hydrogen (secondary N) is 2. The summed E-state index contributed by atoms with van der Waals surface area (Å²) in [5.41, 5.74) is 1.19. The molecule has 0 aromatic heterocycles. The molecule has 0 atom stereocenters. The number of ether oxygens (including phenoxy) is 2. The number of hydrogen-bond acceptors (Lipinski definition) is 4. The summed E-state index contributed by atoms with van der Waals surface area (Å²) in [6.07, 6.45) is 3.96. The van der Waals surface area contributed by atoms with Crippen molar-refractivity contribution in [2.75, 3.05) is 40.4 Å². The minimum absolute atomic E-state index is 0.111. The molecule has 6 nitrogen and oxygen atoms in total. The Morgan fingerprint density at radius 2 is 1.78 bits per heavy atom. The molecule has 0 saturated carbocycles. The van der Waals surface area contributed by atoms with Gasteiger partial charge in [-0.25, -0.2) is 4.99 Å². The smallest absolute Gasteiger partial charge is 0.191 e. The molecule has 1 aromatic rings. The summed E-state index contributed by atoms with van der Waals surface area (Å²) in [5, 5.41) is 6.86. The van der Waals surface area contributed by atoms with Crippen LogP contribution in [0.5, 0.6) is 11.5 Å². The van der Waals surface area contributed by atoms with Crippen molar-refractivity contribution in [3.8, 4) is 11.5 Å². The van der Waals surface area contributed by atoms with Gasteiger partial charge in [0.25, 0.3) is 0 Å². The lowest BCUT2D eigenvalue weighted by Gasteiger charge is -2.41. The SMILES string of the molecule is CCNC(=NCc1ccc(OC)c(OC)c1)NCC(C)(C)N1CCCCC1. The number of guanidine groups is 1. The molecule has 0 spiro atoms. The normalized spacial score (nSPS) is 16.1. The van der Waals surface area contributed by atoms with Crippen LogP contribution in [-0.4, -0.2) is 56.8 Å². The molecule has 0 radical (unpaired) electrons. The Labute approximate surface area is 164 Å². The highest BCUT2D eigenvalue weighted by molar-refractivity contribution is 5.79. The predicted octanol–water partition coefficient (Wildman–Crippen LogP) is 3.02. The third-order valence-electron chi connectivity index (χ3n) is 5.11. The van der Waals surface area contributed by atoms with Crippen LogP contribution in [0, 0.1) is 0 Å². The molecule has 1 saturated heterocycles. The van der Waals surface area contributed by atoms with Gasteiger partial charge in [-0.3, -0.25) is 4.90 Å². The average Bonchev–Trinajstić information content (AvgIpc) is 2.70. The van der Waals surface area contributed by atoms with Crippen LogP contribution < -0.4 is 20.1 Å². The number of methoxy groups -OCH3 is 2. The summed E-state index contributed by atoms with van der Waals surface area (Å²) < 4.78 is 10.7. The zero-order chi connectivity index (χ0) is 19.7. The summed E-state index contributed by atoms with van der Waals surface area (Å²) in [7, 11) is 3.30. The van der Waals surface area contributed by atoms with Gasteiger partial charge in [-0.2, -0.15) is 0 Å². The molecule has 0 amide bonds. The summed E-state index contributed by atoms with van der Waals surface area (Å²) >= 11 is 0. The minimum Gasteiger partial charge on any atom is -0.493 e. The maximum atomic E-state index is 5.38. The van der Waals surface area contributed by atoms with Gasteiger partial charge in [-0.15, -0.1) is 0 Å². The van der Waals surface area contributed by atoms with Crippen LogP contribution in [0.2, 0.25) is 0 Å². The van der Waals surface area contributed by atoms with Crippen molar-refractivity contribution in [1.82, 2.24) is 15.5 Å². The van der Waals surface area contributed by atoms with Crippen molar-refractivity contribution < 1.29 is 9.47 Å². The maximum absolute atomic E-state index is 5.38. The second-order valence-corrected chi connectivity index (χ2v) is 7.60. The van der Waals surface area contributed by atoms with Crippen LogP contribution >= 0.6 is 0 Å². The maximum Gasteiger partial charge on any atom is 0.191 e. The minimum atomic E-state index is 0.111. The van der Waals surface area contributed by atoms with Crippen molar-refractivity contribution in [2.45, 2.75) is 52.1 Å². The topological polar surface area (TPSA) is 58.1 Å². The molecular formula is C21H36N4O2. The number of hydrogen-bond donors (Lipinski definition) is 2. The first-order valence-electron chi connectivity index (χ1n) is 9.98. The fourth-order valence-corrected chi connectivity index (χ4v) is 3.40. The molecule has 1 aliphatic heterocycles. The lowest BCUT2D eigenvalue weighted by Crippen LogP contribution is -2.54. The first kappa shape index (κ1) is 21.4. The van der Waals surface area contributed by atoms with E-state index in [-0.39, 0.29) is 5.54 Å². The summed E-state index contributed by atoms with van der Waals surface area (Å²) in [5.74, 6) is 2.31. The number of aliphatic imine (C=N–C) groups is 1. The highest BCUT2D eigenvalue weighted by Gasteiger charge is 2.27. The van der Waals surface area contributed by atoms with Gasteiger partial charge in [0.2, 0.25) is 0 Å². The number of benzene rings is 1. The van der Waals surface area contributed by atoms with E-state index in [0.29, 0.717) is 6.54 Å². The molecule has 0 bridgehead atoms. The second kappa shape index (κ2) is 10.4. The zero-order valence-electron chi connectivity index (χ0n) is 17.6. The Morgan fingerprint density at radius 3 is 2.41 bits per heavy atom. The molecule has 1 heterocycles. The molecule has 6 heteroatoms. The van der Waals surface area contributed by atoms with Gasteiger partial charge >= 0.3 is 0 Å². The molecule has 2 rings (SSSR count). The lowest BCUT2D eigenvalue weighted by molar-refractivity contribution is 0.0982. The van der Waals surface area contributed by atoms with Gasteiger partial charge in [0, 0.05) is 18.6 Å². The van der Waals surface area contributed by atoms with Crippen LogP contribution in [-0.2, 0) is 6.54 Å². The molecule has 27 heavy (non-hydrogen) atoms. The summed E-state index contributed by atoms with van der Waals surface area (Å²) in [4.78, 5) is 7.33. The first-order chi connectivity index (χ1) is 13.0. The first-order valence-corrected chi connectivity index (χ1v) is 9.98. The highest BCUT2D eigenvalue weighted by Crippen LogP contribution is 2.27. The third kappa shape index (κ3) is 6.31. The van der Waals surface area contributed by atoms with E-state index < -0.39 is 0 Å². The molecule has 1 fully saturated rings. The lowest BCUT2D eigenvalue weighted by atomic mass is 9.98. The largest absolute Gasteiger partial charge is 0.493 e. The fraction of sp³-hybridized carbons (Fsp3) is 0.667. The van der Waals surface area contributed by atoms with Crippen LogP contribution in [0.1, 0.15) is 45.6 Å². The third-order valence-corrected chi connectivity index (χ3v) is 5.11. The van der Waals surface area contributed by atoms with E-state index >= 15 is 0 Å². The molecule has 0 unspecified atom stereocenters. The van der Waals surface area contributed by atoms with Crippen molar-refractivity contribution in [3.63, 3.8) is 0 Å². The Kier molecular flexibility index (Phi) is 8.23. The van der Waals surface area contributed by atoms with Crippen LogP contribution in [0.4, 0.5) is 0 Å². The van der Waals surface area contributed by atoms with Crippen molar-refractivity contribution in [1.29, 1.82) is 0 Å². The molecular weight excluding hydrogens is 340 g/mol. The average molecular weight is 377 g/mol. The van der Waals surface area contributed by atoms with Crippen molar-refractivity contribution >= 4 is 5.96 Å². The van der Waals surface area contributed by atoms with E-state index in [1.54, 1.807) is 14.2 Å². The van der Waals surface area contributed by atoms with Crippen molar-refractivity contribution in [2.24, 2.45) is 4.99 Å². The van der Waals surface area contributed by atoms with Gasteiger partial charge in [0.05, 0.1) is 20.8 Å². The summed E-state index contributed by atoms with van der Waals surface area (Å²) in [6, 6.07) is 5.92. The van der Waals surface area contributed by atoms with E-state index in [2.05, 4.69) is 36.3 Å². The van der Waals surface area contributed by atoms with Crippen LogP contribution in [0.15, 0.2) is 23.2 Å². The van der Waals surface area contributed by atoms with E-state index in [1.807, 2.05) is 18.2 Å². The zero-order valence-corrected chi connectivity index (χ0v) is 17.6. The van der Waals surface area contributed by atoms with Crippen LogP contribution in [0.25, 0.3) is 0 Å². The number of nitrogens with zero attached hydrogens (tertiary/aromatic N) is 2. The molecule has 0 aliphatic carbocycles. The van der Waals surface area contributed by atoms with E-state index in [9.17, 15) is 0 Å². The van der Waals surface area contributed by atoms with Gasteiger partial charge in [0.15, 0.2) is 17.5 Å². The standard InChI is InChI=1S/C21H36N4O2/c1-6-22-20(24-16-21(2,3)25-12-8-7-9-13-25)23-15-17-10-11-18(26-4)19(14-17)27-5/h10-11,14H,6-9,12-13,15-16H2,1-5H3,(H2,22,23,24). The van der Waals surface area contributed by atoms with Gasteiger partial charge in [-0.05, 0) is 64.4 Å². The Hall–Kier alpha value is -1.95. The molecule has 2 N–H and O–H groups in total. The van der Waals surface area contributed by atoms with Crippen LogP contribution in [0.3, 0.4) is 0 Å². The van der Waals surface area contributed by atoms with E-state index in [1.165, 1.54) is 32.4 Å². The summed E-state index contributed by atoms with van der Waals surface area (Å²) in [6.45, 7) is 11.4. The van der Waals surface area contributed by atoms with E-state index in [4.69, 9.17) is 14.5 Å². The second-order valence-electron chi connectivity index (χ2n) is 7.60. The Bertz CT molecular complexity index is 610. The highest BCUT2D eigenvalue weighted by atomic mass is 16.5. The predicted molar refractivity (Wildman–Crippen MR) is 112 cm³/mol. The van der Waals surface area contributed by atoms with Gasteiger partial charge in [-0.1, -0.05) is 12.5 Å². The van der Waals surface area contributed by atoms with Gasteiger partial charge < -0.3 is 20.1 Å². The monoisotopic (exact) mass is 376 g/mol. The molecule has 152 valence electrons. The molecule has 1 aromatic carbocycles. The quantitative estimate of drug-likeness (QED) is 0.539. The Morgan fingerprint density at radius 1 is 1.07 bits per heavy atom.